The fourth-order valence-electron chi connectivity index (χ4n) is 2.47. The van der Waals surface area contributed by atoms with E-state index in [1.54, 1.807) is 19.1 Å². The third kappa shape index (κ3) is 4.08. The average Bonchev–Trinajstić information content (AvgIpc) is 2.41. The van der Waals surface area contributed by atoms with Crippen LogP contribution in [0.1, 0.15) is 31.0 Å². The smallest absolute Gasteiger partial charge is 0.130 e. The molecule has 2 rings (SSSR count). The second-order valence-corrected chi connectivity index (χ2v) is 5.26. The first-order valence-corrected chi connectivity index (χ1v) is 6.91. The van der Waals surface area contributed by atoms with Gasteiger partial charge < -0.3 is 5.32 Å². The molecule has 0 fully saturated rings. The molecule has 0 saturated heterocycles. The molecule has 112 valence electrons. The molecule has 0 heterocycles. The molecule has 1 nitrogen and oxygen atoms in total. The van der Waals surface area contributed by atoms with E-state index in [0.717, 1.165) is 5.56 Å². The Morgan fingerprint density at radius 2 is 1.48 bits per heavy atom. The summed E-state index contributed by atoms with van der Waals surface area (Å²) in [5.74, 6) is -1.38. The van der Waals surface area contributed by atoms with E-state index in [1.165, 1.54) is 30.3 Å². The van der Waals surface area contributed by atoms with Crippen LogP contribution in [-0.4, -0.2) is 6.04 Å². The molecule has 0 aliphatic rings. The van der Waals surface area contributed by atoms with Crippen molar-refractivity contribution in [2.75, 3.05) is 0 Å². The van der Waals surface area contributed by atoms with Gasteiger partial charge in [-0.25, -0.2) is 13.2 Å². The fourth-order valence-corrected chi connectivity index (χ4v) is 2.47. The van der Waals surface area contributed by atoms with Gasteiger partial charge in [-0.05, 0) is 50.1 Å². The van der Waals surface area contributed by atoms with Gasteiger partial charge >= 0.3 is 0 Å². The zero-order valence-corrected chi connectivity index (χ0v) is 12.0. The Labute approximate surface area is 122 Å². The molecular formula is C17H18F3N. The van der Waals surface area contributed by atoms with Crippen LogP contribution in [0.3, 0.4) is 0 Å². The molecule has 2 aromatic rings. The second kappa shape index (κ2) is 6.76. The summed E-state index contributed by atoms with van der Waals surface area (Å²) in [6.07, 6.45) is 0.653. The summed E-state index contributed by atoms with van der Waals surface area (Å²) in [5, 5.41) is 3.17. The monoisotopic (exact) mass is 293 g/mol. The first-order valence-electron chi connectivity index (χ1n) is 6.91. The van der Waals surface area contributed by atoms with Crippen LogP contribution in [0, 0.1) is 17.5 Å². The van der Waals surface area contributed by atoms with Crippen molar-refractivity contribution in [2.45, 2.75) is 32.4 Å². The van der Waals surface area contributed by atoms with Gasteiger partial charge in [0.1, 0.15) is 17.5 Å². The second-order valence-electron chi connectivity index (χ2n) is 5.26. The van der Waals surface area contributed by atoms with Crippen LogP contribution in [0.2, 0.25) is 0 Å². The SMILES string of the molecule is CC(Cc1ccc(F)cc1)NC(C)c1c(F)cccc1F. The van der Waals surface area contributed by atoms with Crippen molar-refractivity contribution in [3.8, 4) is 0 Å². The van der Waals surface area contributed by atoms with Crippen molar-refractivity contribution in [2.24, 2.45) is 0 Å². The molecule has 2 unspecified atom stereocenters. The standard InChI is InChI=1S/C17H18F3N/c1-11(10-13-6-8-14(18)9-7-13)21-12(2)17-15(19)4-3-5-16(17)20/h3-9,11-12,21H,10H2,1-2H3. The summed E-state index contributed by atoms with van der Waals surface area (Å²) >= 11 is 0. The van der Waals surface area contributed by atoms with E-state index in [4.69, 9.17) is 0 Å². The van der Waals surface area contributed by atoms with Crippen molar-refractivity contribution in [1.29, 1.82) is 0 Å². The number of benzene rings is 2. The highest BCUT2D eigenvalue weighted by molar-refractivity contribution is 5.23. The summed E-state index contributed by atoms with van der Waals surface area (Å²) in [6, 6.07) is 9.64. The van der Waals surface area contributed by atoms with E-state index in [0.29, 0.717) is 6.42 Å². The molecule has 0 bridgehead atoms. The quantitative estimate of drug-likeness (QED) is 0.862. The summed E-state index contributed by atoms with van der Waals surface area (Å²) in [5.41, 5.74) is 1.01. The van der Waals surface area contributed by atoms with Crippen LogP contribution in [0.4, 0.5) is 13.2 Å². The lowest BCUT2D eigenvalue weighted by Crippen LogP contribution is -2.31. The van der Waals surface area contributed by atoms with Gasteiger partial charge in [0.25, 0.3) is 0 Å². The molecule has 0 aliphatic heterocycles. The predicted molar refractivity (Wildman–Crippen MR) is 77.5 cm³/mol. The van der Waals surface area contributed by atoms with Crippen molar-refractivity contribution in [3.05, 3.63) is 71.0 Å². The maximum absolute atomic E-state index is 13.7. The Bertz CT molecular complexity index is 575. The third-order valence-corrected chi connectivity index (χ3v) is 3.42. The summed E-state index contributed by atoms with van der Waals surface area (Å²) in [6.45, 7) is 3.65. The van der Waals surface area contributed by atoms with E-state index in [2.05, 4.69) is 5.32 Å². The zero-order valence-electron chi connectivity index (χ0n) is 12.0. The van der Waals surface area contributed by atoms with Gasteiger partial charge in [-0.1, -0.05) is 18.2 Å². The lowest BCUT2D eigenvalue weighted by Gasteiger charge is -2.21. The van der Waals surface area contributed by atoms with Crippen molar-refractivity contribution in [1.82, 2.24) is 5.32 Å². The van der Waals surface area contributed by atoms with E-state index in [9.17, 15) is 13.2 Å². The Hall–Kier alpha value is -1.81. The molecule has 1 N–H and O–H groups in total. The molecule has 0 aliphatic carbocycles. The number of hydrogen-bond acceptors (Lipinski definition) is 1. The van der Waals surface area contributed by atoms with Gasteiger partial charge in [-0.2, -0.15) is 0 Å². The Kier molecular flexibility index (Phi) is 5.02. The fraction of sp³-hybridized carbons (Fsp3) is 0.294. The van der Waals surface area contributed by atoms with Gasteiger partial charge in [-0.15, -0.1) is 0 Å². The third-order valence-electron chi connectivity index (χ3n) is 3.42. The average molecular weight is 293 g/mol. The molecule has 0 aromatic heterocycles. The largest absolute Gasteiger partial charge is 0.307 e. The molecule has 2 aromatic carbocycles. The molecule has 0 saturated carbocycles. The minimum atomic E-state index is -0.552. The topological polar surface area (TPSA) is 12.0 Å². The normalized spacial score (nSPS) is 14.0. The zero-order chi connectivity index (χ0) is 15.4. The van der Waals surface area contributed by atoms with Gasteiger partial charge in [0.15, 0.2) is 0 Å². The van der Waals surface area contributed by atoms with Crippen LogP contribution in [0.25, 0.3) is 0 Å². The van der Waals surface area contributed by atoms with E-state index >= 15 is 0 Å². The van der Waals surface area contributed by atoms with Crippen LogP contribution in [-0.2, 0) is 6.42 Å². The lowest BCUT2D eigenvalue weighted by atomic mass is 10.0. The van der Waals surface area contributed by atoms with Crippen molar-refractivity contribution < 1.29 is 13.2 Å². The van der Waals surface area contributed by atoms with Gasteiger partial charge in [-0.3, -0.25) is 0 Å². The minimum Gasteiger partial charge on any atom is -0.307 e. The summed E-state index contributed by atoms with van der Waals surface area (Å²) < 4.78 is 40.2. The highest BCUT2D eigenvalue weighted by atomic mass is 19.1. The highest BCUT2D eigenvalue weighted by Gasteiger charge is 2.17. The maximum atomic E-state index is 13.7. The Balaban J connectivity index is 2.02. The Morgan fingerprint density at radius 1 is 0.905 bits per heavy atom. The predicted octanol–water partition coefficient (Wildman–Crippen LogP) is 4.39. The van der Waals surface area contributed by atoms with E-state index < -0.39 is 17.7 Å². The van der Waals surface area contributed by atoms with E-state index in [1.807, 2.05) is 6.92 Å². The molecule has 0 spiro atoms. The molecule has 4 heteroatoms. The molecular weight excluding hydrogens is 275 g/mol. The molecule has 21 heavy (non-hydrogen) atoms. The van der Waals surface area contributed by atoms with E-state index in [-0.39, 0.29) is 17.4 Å². The van der Waals surface area contributed by atoms with Crippen LogP contribution in [0.15, 0.2) is 42.5 Å². The van der Waals surface area contributed by atoms with Gasteiger partial charge in [0.2, 0.25) is 0 Å². The highest BCUT2D eigenvalue weighted by Crippen LogP contribution is 2.21. The van der Waals surface area contributed by atoms with Crippen LogP contribution >= 0.6 is 0 Å². The molecule has 2 atom stereocenters. The number of hydrogen-bond donors (Lipinski definition) is 1. The molecule has 0 amide bonds. The van der Waals surface area contributed by atoms with Crippen LogP contribution in [0.5, 0.6) is 0 Å². The van der Waals surface area contributed by atoms with Gasteiger partial charge in [0, 0.05) is 17.6 Å². The maximum Gasteiger partial charge on any atom is 0.130 e. The number of halogens is 3. The van der Waals surface area contributed by atoms with Crippen LogP contribution < -0.4 is 5.32 Å². The number of rotatable bonds is 5. The Morgan fingerprint density at radius 3 is 2.05 bits per heavy atom. The van der Waals surface area contributed by atoms with Gasteiger partial charge in [0.05, 0.1) is 0 Å². The summed E-state index contributed by atoms with van der Waals surface area (Å²) in [7, 11) is 0. The first-order chi connectivity index (χ1) is 9.97. The minimum absolute atomic E-state index is 0.00414. The lowest BCUT2D eigenvalue weighted by molar-refractivity contribution is 0.440. The molecule has 0 radical (unpaired) electrons. The van der Waals surface area contributed by atoms with Crippen molar-refractivity contribution >= 4 is 0 Å². The van der Waals surface area contributed by atoms with Crippen molar-refractivity contribution in [3.63, 3.8) is 0 Å². The number of nitrogens with one attached hydrogen (secondary N) is 1. The first kappa shape index (κ1) is 15.6. The summed E-state index contributed by atoms with van der Waals surface area (Å²) in [4.78, 5) is 0.